The van der Waals surface area contributed by atoms with E-state index < -0.39 is 5.97 Å². The highest BCUT2D eigenvalue weighted by Crippen LogP contribution is 2.26. The van der Waals surface area contributed by atoms with Gasteiger partial charge in [0.15, 0.2) is 0 Å². The number of aliphatic carboxylic acids is 1. The molecule has 0 bridgehead atoms. The first-order chi connectivity index (χ1) is 11.8. The summed E-state index contributed by atoms with van der Waals surface area (Å²) in [5.74, 6) is -0.538. The number of hydrogen-bond acceptors (Lipinski definition) is 3. The minimum atomic E-state index is -0.771. The van der Waals surface area contributed by atoms with Gasteiger partial charge in [0.25, 0.3) is 0 Å². The molecular formula is C18H31N3O4. The average Bonchev–Trinajstić information content (AvgIpc) is 3.01. The van der Waals surface area contributed by atoms with Crippen molar-refractivity contribution in [2.75, 3.05) is 19.6 Å². The van der Waals surface area contributed by atoms with Gasteiger partial charge in [-0.05, 0) is 43.9 Å². The lowest BCUT2D eigenvalue weighted by molar-refractivity contribution is -0.141. The van der Waals surface area contributed by atoms with Crippen LogP contribution in [0.15, 0.2) is 0 Å². The summed E-state index contributed by atoms with van der Waals surface area (Å²) in [6, 6.07) is -0.0680. The Kier molecular flexibility index (Phi) is 7.08. The smallest absolute Gasteiger partial charge is 0.317 e. The topological polar surface area (TPSA) is 98.7 Å². The number of piperidine rings is 1. The molecule has 2 rings (SSSR count). The zero-order valence-electron chi connectivity index (χ0n) is 15.3. The molecule has 7 nitrogen and oxygen atoms in total. The molecule has 0 aromatic heterocycles. The van der Waals surface area contributed by atoms with E-state index in [4.69, 9.17) is 5.11 Å². The standard InChI is InChI=1S/C18H31N3O4/c1-12(2)10-19-18(25)21-7-3-4-13(11-21)8-16(22)20-15-6-5-14(9-15)17(23)24/h12-15H,3-11H2,1-2H3,(H,19,25)(H,20,22)(H,23,24)/t13?,14-,15+/m1/s1. The van der Waals surface area contributed by atoms with E-state index in [0.29, 0.717) is 38.3 Å². The average molecular weight is 353 g/mol. The molecule has 2 aliphatic rings. The van der Waals surface area contributed by atoms with Gasteiger partial charge in [-0.1, -0.05) is 13.8 Å². The molecule has 1 unspecified atom stereocenters. The summed E-state index contributed by atoms with van der Waals surface area (Å²) in [6.07, 6.45) is 4.16. The van der Waals surface area contributed by atoms with Crippen molar-refractivity contribution in [3.8, 4) is 0 Å². The molecule has 3 atom stereocenters. The van der Waals surface area contributed by atoms with Crippen LogP contribution in [0, 0.1) is 17.8 Å². The zero-order chi connectivity index (χ0) is 18.4. The Bertz CT molecular complexity index is 495. The summed E-state index contributed by atoms with van der Waals surface area (Å²) in [5, 5.41) is 14.9. The van der Waals surface area contributed by atoms with Crippen LogP contribution in [0.2, 0.25) is 0 Å². The van der Waals surface area contributed by atoms with Gasteiger partial charge < -0.3 is 20.6 Å². The highest BCUT2D eigenvalue weighted by Gasteiger charge is 2.31. The summed E-state index contributed by atoms with van der Waals surface area (Å²) in [4.78, 5) is 37.2. The lowest BCUT2D eigenvalue weighted by atomic mass is 9.94. The Morgan fingerprint density at radius 3 is 2.60 bits per heavy atom. The molecule has 0 spiro atoms. The Morgan fingerprint density at radius 1 is 1.20 bits per heavy atom. The van der Waals surface area contributed by atoms with E-state index in [-0.39, 0.29) is 29.8 Å². The lowest BCUT2D eigenvalue weighted by Gasteiger charge is -2.33. The number of carboxylic acids is 1. The van der Waals surface area contributed by atoms with Crippen LogP contribution in [-0.4, -0.2) is 53.6 Å². The maximum atomic E-state index is 12.3. The number of likely N-dealkylation sites (tertiary alicyclic amines) is 1. The molecule has 2 fully saturated rings. The Balaban J connectivity index is 1.73. The molecule has 0 aromatic rings. The molecule has 142 valence electrons. The van der Waals surface area contributed by atoms with Gasteiger partial charge in [-0.3, -0.25) is 9.59 Å². The number of carbonyl (C=O) groups is 3. The molecule has 0 radical (unpaired) electrons. The highest BCUT2D eigenvalue weighted by atomic mass is 16.4. The lowest BCUT2D eigenvalue weighted by Crippen LogP contribution is -2.47. The second-order valence-electron chi connectivity index (χ2n) is 7.85. The van der Waals surface area contributed by atoms with E-state index in [9.17, 15) is 14.4 Å². The van der Waals surface area contributed by atoms with Crippen LogP contribution in [-0.2, 0) is 9.59 Å². The van der Waals surface area contributed by atoms with Gasteiger partial charge in [0.1, 0.15) is 0 Å². The van der Waals surface area contributed by atoms with Crippen LogP contribution in [0.3, 0.4) is 0 Å². The van der Waals surface area contributed by atoms with E-state index >= 15 is 0 Å². The van der Waals surface area contributed by atoms with Crippen molar-refractivity contribution >= 4 is 17.9 Å². The second kappa shape index (κ2) is 9.06. The quantitative estimate of drug-likeness (QED) is 0.678. The molecule has 1 saturated carbocycles. The van der Waals surface area contributed by atoms with Gasteiger partial charge in [0, 0.05) is 32.1 Å². The molecule has 7 heteroatoms. The van der Waals surface area contributed by atoms with E-state index in [0.717, 1.165) is 25.8 Å². The van der Waals surface area contributed by atoms with Gasteiger partial charge in [0.2, 0.25) is 5.91 Å². The summed E-state index contributed by atoms with van der Waals surface area (Å²) in [7, 11) is 0. The van der Waals surface area contributed by atoms with E-state index in [2.05, 4.69) is 24.5 Å². The fourth-order valence-electron chi connectivity index (χ4n) is 3.71. The van der Waals surface area contributed by atoms with Crippen molar-refractivity contribution in [3.63, 3.8) is 0 Å². The van der Waals surface area contributed by atoms with Gasteiger partial charge in [-0.2, -0.15) is 0 Å². The normalized spacial score (nSPS) is 26.5. The largest absolute Gasteiger partial charge is 0.481 e. The fourth-order valence-corrected chi connectivity index (χ4v) is 3.71. The van der Waals surface area contributed by atoms with Crippen LogP contribution >= 0.6 is 0 Å². The number of carboxylic acid groups (broad SMARTS) is 1. The molecule has 1 saturated heterocycles. The van der Waals surface area contributed by atoms with Gasteiger partial charge in [-0.25, -0.2) is 4.79 Å². The molecule has 1 aliphatic heterocycles. The number of rotatable bonds is 6. The molecule has 1 aliphatic carbocycles. The van der Waals surface area contributed by atoms with Crippen molar-refractivity contribution in [1.29, 1.82) is 0 Å². The van der Waals surface area contributed by atoms with Crippen molar-refractivity contribution in [2.24, 2.45) is 17.8 Å². The molecule has 25 heavy (non-hydrogen) atoms. The molecule has 3 amide bonds. The van der Waals surface area contributed by atoms with Gasteiger partial charge >= 0.3 is 12.0 Å². The number of carbonyl (C=O) groups excluding carboxylic acids is 2. The molecule has 3 N–H and O–H groups in total. The molecule has 0 aromatic carbocycles. The highest BCUT2D eigenvalue weighted by molar-refractivity contribution is 5.77. The van der Waals surface area contributed by atoms with Crippen molar-refractivity contribution in [3.05, 3.63) is 0 Å². The SMILES string of the molecule is CC(C)CNC(=O)N1CCCC(CC(=O)N[C@H]2CC[C@@H](C(=O)O)C2)C1. The van der Waals surface area contributed by atoms with Crippen molar-refractivity contribution in [2.45, 2.75) is 58.4 Å². The van der Waals surface area contributed by atoms with Crippen molar-refractivity contribution in [1.82, 2.24) is 15.5 Å². The van der Waals surface area contributed by atoms with Crippen LogP contribution in [0.5, 0.6) is 0 Å². The summed E-state index contributed by atoms with van der Waals surface area (Å²) >= 11 is 0. The first kappa shape index (κ1) is 19.5. The summed E-state index contributed by atoms with van der Waals surface area (Å²) in [6.45, 7) is 6.13. The van der Waals surface area contributed by atoms with Crippen molar-refractivity contribution < 1.29 is 19.5 Å². The number of amides is 3. The van der Waals surface area contributed by atoms with E-state index in [1.54, 1.807) is 4.90 Å². The third-order valence-electron chi connectivity index (χ3n) is 5.09. The van der Waals surface area contributed by atoms with E-state index in [1.165, 1.54) is 0 Å². The Hall–Kier alpha value is -1.79. The first-order valence-electron chi connectivity index (χ1n) is 9.40. The third kappa shape index (κ3) is 6.21. The number of hydrogen-bond donors (Lipinski definition) is 3. The predicted octanol–water partition coefficient (Wildman–Crippen LogP) is 1.82. The maximum Gasteiger partial charge on any atom is 0.317 e. The molecular weight excluding hydrogens is 322 g/mol. The van der Waals surface area contributed by atoms with Crippen LogP contribution in [0.25, 0.3) is 0 Å². The van der Waals surface area contributed by atoms with E-state index in [1.807, 2.05) is 0 Å². The monoisotopic (exact) mass is 353 g/mol. The molecule has 1 heterocycles. The summed E-state index contributed by atoms with van der Waals surface area (Å²) in [5.41, 5.74) is 0. The predicted molar refractivity (Wildman–Crippen MR) is 94.1 cm³/mol. The first-order valence-corrected chi connectivity index (χ1v) is 9.40. The van der Waals surface area contributed by atoms with Gasteiger partial charge in [-0.15, -0.1) is 0 Å². The second-order valence-corrected chi connectivity index (χ2v) is 7.85. The van der Waals surface area contributed by atoms with Crippen LogP contribution in [0.4, 0.5) is 4.79 Å². The number of nitrogens with zero attached hydrogens (tertiary/aromatic N) is 1. The minimum Gasteiger partial charge on any atom is -0.481 e. The van der Waals surface area contributed by atoms with Crippen LogP contribution in [0.1, 0.15) is 52.4 Å². The Labute approximate surface area is 149 Å². The Morgan fingerprint density at radius 2 is 1.96 bits per heavy atom. The minimum absolute atomic E-state index is 0.0227. The summed E-state index contributed by atoms with van der Waals surface area (Å²) < 4.78 is 0. The van der Waals surface area contributed by atoms with Gasteiger partial charge in [0.05, 0.1) is 5.92 Å². The number of urea groups is 1. The maximum absolute atomic E-state index is 12.3. The third-order valence-corrected chi connectivity index (χ3v) is 5.09. The fraction of sp³-hybridized carbons (Fsp3) is 0.833. The zero-order valence-corrected chi connectivity index (χ0v) is 15.3. The number of nitrogens with one attached hydrogen (secondary N) is 2. The van der Waals surface area contributed by atoms with Crippen LogP contribution < -0.4 is 10.6 Å².